The number of benzene rings is 1. The van der Waals surface area contributed by atoms with E-state index in [0.717, 1.165) is 56.2 Å². The van der Waals surface area contributed by atoms with Crippen molar-refractivity contribution < 1.29 is 9.53 Å². The number of aromatic nitrogens is 4. The number of hydrogen-bond donors (Lipinski definition) is 0. The molecule has 2 aliphatic heterocycles. The van der Waals surface area contributed by atoms with Crippen molar-refractivity contribution in [2.24, 2.45) is 5.41 Å². The summed E-state index contributed by atoms with van der Waals surface area (Å²) in [4.78, 5) is 14.7. The van der Waals surface area contributed by atoms with Gasteiger partial charge in [0.05, 0.1) is 18.7 Å². The Labute approximate surface area is 147 Å². The number of carbonyl (C=O) groups excluding carboxylic acids is 1. The number of likely N-dealkylation sites (tertiary alicyclic amines) is 1. The fourth-order valence-electron chi connectivity index (χ4n) is 3.90. The average molecular weight is 341 g/mol. The molecule has 1 aromatic heterocycles. The third-order valence-corrected chi connectivity index (χ3v) is 5.36. The minimum absolute atomic E-state index is 0.204. The monoisotopic (exact) mass is 341 g/mol. The number of nitrogens with zero attached hydrogens (tertiary/aromatic N) is 5. The molecule has 0 aliphatic carbocycles. The Morgan fingerprint density at radius 1 is 1.28 bits per heavy atom. The highest BCUT2D eigenvalue weighted by molar-refractivity contribution is 5.79. The number of carbonyl (C=O) groups is 1. The normalized spacial score (nSPS) is 23.3. The molecule has 0 radical (unpaired) electrons. The van der Waals surface area contributed by atoms with E-state index in [1.807, 2.05) is 36.1 Å². The summed E-state index contributed by atoms with van der Waals surface area (Å²) in [6.07, 6.45) is 3.77. The summed E-state index contributed by atoms with van der Waals surface area (Å²) in [7, 11) is 0. The predicted molar refractivity (Wildman–Crippen MR) is 91.3 cm³/mol. The highest BCUT2D eigenvalue weighted by Crippen LogP contribution is 2.37. The Morgan fingerprint density at radius 2 is 2.12 bits per heavy atom. The molecule has 1 spiro atoms. The van der Waals surface area contributed by atoms with Gasteiger partial charge < -0.3 is 9.64 Å². The van der Waals surface area contributed by atoms with E-state index in [1.54, 1.807) is 4.68 Å². The number of hydrogen-bond acceptors (Lipinski definition) is 5. The van der Waals surface area contributed by atoms with Crippen molar-refractivity contribution in [2.45, 2.75) is 32.6 Å². The average Bonchev–Trinajstić information content (AvgIpc) is 3.25. The van der Waals surface area contributed by atoms with Gasteiger partial charge in [-0.3, -0.25) is 4.79 Å². The molecule has 2 aromatic rings. The van der Waals surface area contributed by atoms with Gasteiger partial charge >= 0.3 is 0 Å². The smallest absolute Gasteiger partial charge is 0.227 e. The summed E-state index contributed by atoms with van der Waals surface area (Å²) in [5.41, 5.74) is 2.12. The number of tetrazole rings is 1. The van der Waals surface area contributed by atoms with Gasteiger partial charge in [0.25, 0.3) is 0 Å². The molecule has 1 amide bonds. The molecule has 7 heteroatoms. The molecule has 2 fully saturated rings. The van der Waals surface area contributed by atoms with Gasteiger partial charge in [0, 0.05) is 25.1 Å². The van der Waals surface area contributed by atoms with E-state index in [2.05, 4.69) is 15.5 Å². The highest BCUT2D eigenvalue weighted by atomic mass is 16.5. The zero-order valence-electron chi connectivity index (χ0n) is 14.5. The first-order valence-electron chi connectivity index (χ1n) is 8.85. The third kappa shape index (κ3) is 3.28. The van der Waals surface area contributed by atoms with Crippen LogP contribution in [-0.4, -0.2) is 57.3 Å². The fourth-order valence-corrected chi connectivity index (χ4v) is 3.90. The van der Waals surface area contributed by atoms with Gasteiger partial charge in [0.15, 0.2) is 5.82 Å². The van der Waals surface area contributed by atoms with Crippen LogP contribution < -0.4 is 0 Å². The number of ether oxygens (including phenoxy) is 1. The summed E-state index contributed by atoms with van der Waals surface area (Å²) in [5.74, 6) is 0.943. The number of rotatable bonds is 3. The minimum Gasteiger partial charge on any atom is -0.381 e. The summed E-state index contributed by atoms with van der Waals surface area (Å²) in [5, 5.41) is 11.5. The van der Waals surface area contributed by atoms with E-state index in [9.17, 15) is 4.79 Å². The van der Waals surface area contributed by atoms with Crippen LogP contribution >= 0.6 is 0 Å². The molecular weight excluding hydrogens is 318 g/mol. The maximum absolute atomic E-state index is 12.7. The Bertz CT molecular complexity index is 749. The topological polar surface area (TPSA) is 73.1 Å². The first-order valence-corrected chi connectivity index (χ1v) is 8.85. The Morgan fingerprint density at radius 3 is 2.80 bits per heavy atom. The fraction of sp³-hybridized carbons (Fsp3) is 0.556. The molecular formula is C18H23N5O2. The molecule has 0 saturated carbocycles. The molecule has 3 heterocycles. The molecule has 7 nitrogen and oxygen atoms in total. The van der Waals surface area contributed by atoms with Crippen molar-refractivity contribution in [2.75, 3.05) is 26.3 Å². The largest absolute Gasteiger partial charge is 0.381 e. The van der Waals surface area contributed by atoms with Gasteiger partial charge in [-0.25, -0.2) is 0 Å². The second kappa shape index (κ2) is 6.55. The SMILES string of the molecule is Cc1nnnn1-c1ccc(CC(=O)N2CCC[C@@]3(CCOC3)C2)cc1. The van der Waals surface area contributed by atoms with Crippen molar-refractivity contribution in [3.8, 4) is 5.69 Å². The van der Waals surface area contributed by atoms with E-state index in [-0.39, 0.29) is 11.3 Å². The van der Waals surface area contributed by atoms with E-state index in [0.29, 0.717) is 6.42 Å². The van der Waals surface area contributed by atoms with Gasteiger partial charge in [-0.05, 0) is 54.3 Å². The summed E-state index contributed by atoms with van der Waals surface area (Å²) < 4.78 is 7.27. The molecule has 2 aliphatic rings. The van der Waals surface area contributed by atoms with E-state index in [1.165, 1.54) is 6.42 Å². The standard InChI is InChI=1S/C18H23N5O2/c1-14-19-20-21-23(14)16-5-3-15(4-6-16)11-17(24)22-9-2-7-18(12-22)8-10-25-13-18/h3-6H,2,7-13H2,1H3/t18-/m1/s1. The third-order valence-electron chi connectivity index (χ3n) is 5.36. The van der Waals surface area contributed by atoms with Gasteiger partial charge in [-0.1, -0.05) is 12.1 Å². The molecule has 0 unspecified atom stereocenters. The van der Waals surface area contributed by atoms with Gasteiger partial charge in [0.2, 0.25) is 5.91 Å². The molecule has 1 atom stereocenters. The summed E-state index contributed by atoms with van der Waals surface area (Å²) >= 11 is 0. The summed E-state index contributed by atoms with van der Waals surface area (Å²) in [6, 6.07) is 7.86. The lowest BCUT2D eigenvalue weighted by molar-refractivity contribution is -0.134. The lowest BCUT2D eigenvalue weighted by Crippen LogP contribution is -2.47. The van der Waals surface area contributed by atoms with Crippen LogP contribution in [0.2, 0.25) is 0 Å². The Balaban J connectivity index is 1.41. The zero-order chi connectivity index (χ0) is 17.3. The number of amides is 1. The van der Waals surface area contributed by atoms with Crippen LogP contribution in [-0.2, 0) is 16.0 Å². The van der Waals surface area contributed by atoms with Crippen molar-refractivity contribution >= 4 is 5.91 Å². The lowest BCUT2D eigenvalue weighted by Gasteiger charge is -2.39. The quantitative estimate of drug-likeness (QED) is 0.847. The van der Waals surface area contributed by atoms with Crippen molar-refractivity contribution in [1.29, 1.82) is 0 Å². The van der Waals surface area contributed by atoms with Crippen LogP contribution in [0, 0.1) is 12.3 Å². The van der Waals surface area contributed by atoms with E-state index < -0.39 is 0 Å². The minimum atomic E-state index is 0.204. The number of aryl methyl sites for hydroxylation is 1. The zero-order valence-corrected chi connectivity index (χ0v) is 14.5. The van der Waals surface area contributed by atoms with E-state index >= 15 is 0 Å². The molecule has 132 valence electrons. The molecule has 25 heavy (non-hydrogen) atoms. The van der Waals surface area contributed by atoms with Crippen LogP contribution in [0.4, 0.5) is 0 Å². The Kier molecular flexibility index (Phi) is 4.25. The van der Waals surface area contributed by atoms with Gasteiger partial charge in [0.1, 0.15) is 0 Å². The van der Waals surface area contributed by atoms with Crippen LogP contribution in [0.1, 0.15) is 30.7 Å². The lowest BCUT2D eigenvalue weighted by atomic mass is 9.79. The molecule has 4 rings (SSSR count). The predicted octanol–water partition coefficient (Wildman–Crippen LogP) is 1.54. The second-order valence-electron chi connectivity index (χ2n) is 7.20. The Hall–Kier alpha value is -2.28. The molecule has 0 bridgehead atoms. The van der Waals surface area contributed by atoms with Crippen molar-refractivity contribution in [3.05, 3.63) is 35.7 Å². The van der Waals surface area contributed by atoms with Crippen LogP contribution in [0.5, 0.6) is 0 Å². The maximum atomic E-state index is 12.7. The second-order valence-corrected chi connectivity index (χ2v) is 7.20. The summed E-state index contributed by atoms with van der Waals surface area (Å²) in [6.45, 7) is 5.20. The van der Waals surface area contributed by atoms with Gasteiger partial charge in [-0.15, -0.1) is 5.10 Å². The number of piperidine rings is 1. The van der Waals surface area contributed by atoms with Crippen molar-refractivity contribution in [1.82, 2.24) is 25.1 Å². The van der Waals surface area contributed by atoms with E-state index in [4.69, 9.17) is 4.74 Å². The molecule has 0 N–H and O–H groups in total. The maximum Gasteiger partial charge on any atom is 0.227 e. The molecule has 2 saturated heterocycles. The van der Waals surface area contributed by atoms with Gasteiger partial charge in [-0.2, -0.15) is 4.68 Å². The van der Waals surface area contributed by atoms with Crippen LogP contribution in [0.3, 0.4) is 0 Å². The van der Waals surface area contributed by atoms with Crippen LogP contribution in [0.25, 0.3) is 5.69 Å². The highest BCUT2D eigenvalue weighted by Gasteiger charge is 2.40. The van der Waals surface area contributed by atoms with Crippen LogP contribution in [0.15, 0.2) is 24.3 Å². The molecule has 1 aromatic carbocycles. The first-order chi connectivity index (χ1) is 12.2. The first kappa shape index (κ1) is 16.2. The van der Waals surface area contributed by atoms with Crippen molar-refractivity contribution in [3.63, 3.8) is 0 Å².